The topological polar surface area (TPSA) is 50.1 Å². The molecule has 0 aromatic heterocycles. The maximum Gasteiger partial charge on any atom is 0.141 e. The summed E-state index contributed by atoms with van der Waals surface area (Å²) in [6.45, 7) is 0.461. The molecule has 0 bridgehead atoms. The van der Waals surface area contributed by atoms with Crippen molar-refractivity contribution < 1.29 is 9.53 Å². The van der Waals surface area contributed by atoms with Gasteiger partial charge < -0.3 is 9.53 Å². The van der Waals surface area contributed by atoms with Gasteiger partial charge in [0.15, 0.2) is 0 Å². The van der Waals surface area contributed by atoms with Crippen LogP contribution in [-0.4, -0.2) is 6.29 Å². The molecule has 0 fully saturated rings. The van der Waals surface area contributed by atoms with Crippen LogP contribution in [0.1, 0.15) is 17.0 Å². The van der Waals surface area contributed by atoms with Gasteiger partial charge in [0.25, 0.3) is 0 Å². The molecule has 0 saturated carbocycles. The quantitative estimate of drug-likeness (QED) is 0.767. The normalized spacial score (nSPS) is 11.3. The fourth-order valence-electron chi connectivity index (χ4n) is 1.72. The Morgan fingerprint density at radius 3 is 2.63 bits per heavy atom. The lowest BCUT2D eigenvalue weighted by atomic mass is 10.0. The molecule has 0 heterocycles. The molecular formula is C16H13NO2. The number of nitriles is 1. The number of aldehydes is 1. The Bertz CT molecular complexity index is 587. The van der Waals surface area contributed by atoms with Crippen molar-refractivity contribution in [3.05, 3.63) is 65.7 Å². The number of carbonyl (C=O) groups is 1. The van der Waals surface area contributed by atoms with Gasteiger partial charge in [-0.2, -0.15) is 5.26 Å². The standard InChI is InChI=1S/C16H13NO2/c17-10-15(11-18)14-7-4-8-16(9-14)19-12-13-5-2-1-3-6-13/h1-9,11,15H,12H2. The van der Waals surface area contributed by atoms with Gasteiger partial charge in [0.2, 0.25) is 0 Å². The second-order valence-corrected chi connectivity index (χ2v) is 4.09. The zero-order valence-electron chi connectivity index (χ0n) is 10.3. The molecule has 0 N–H and O–H groups in total. The fraction of sp³-hybridized carbons (Fsp3) is 0.125. The minimum Gasteiger partial charge on any atom is -0.489 e. The zero-order chi connectivity index (χ0) is 13.5. The molecule has 0 radical (unpaired) electrons. The van der Waals surface area contributed by atoms with E-state index in [9.17, 15) is 4.79 Å². The van der Waals surface area contributed by atoms with Crippen molar-refractivity contribution in [3.63, 3.8) is 0 Å². The van der Waals surface area contributed by atoms with Gasteiger partial charge in [-0.3, -0.25) is 0 Å². The lowest BCUT2D eigenvalue weighted by Crippen LogP contribution is -1.99. The van der Waals surface area contributed by atoms with E-state index in [-0.39, 0.29) is 0 Å². The summed E-state index contributed by atoms with van der Waals surface area (Å²) in [6.07, 6.45) is 0.635. The zero-order valence-corrected chi connectivity index (χ0v) is 10.3. The minimum absolute atomic E-state index is 0.461. The minimum atomic E-state index is -0.736. The SMILES string of the molecule is N#CC(C=O)c1cccc(OCc2ccccc2)c1. The molecular weight excluding hydrogens is 238 g/mol. The van der Waals surface area contributed by atoms with Crippen LogP contribution in [0.3, 0.4) is 0 Å². The predicted octanol–water partition coefficient (Wildman–Crippen LogP) is 3.07. The van der Waals surface area contributed by atoms with Gasteiger partial charge in [-0.15, -0.1) is 0 Å². The Morgan fingerprint density at radius 2 is 1.95 bits per heavy atom. The summed E-state index contributed by atoms with van der Waals surface area (Å²) in [6, 6.07) is 18.8. The number of ether oxygens (including phenoxy) is 1. The summed E-state index contributed by atoms with van der Waals surface area (Å²) in [5.41, 5.74) is 1.73. The van der Waals surface area contributed by atoms with Gasteiger partial charge in [0.05, 0.1) is 6.07 Å². The van der Waals surface area contributed by atoms with E-state index in [4.69, 9.17) is 10.00 Å². The Balaban J connectivity index is 2.08. The summed E-state index contributed by atoms with van der Waals surface area (Å²) in [7, 11) is 0. The molecule has 0 amide bonds. The van der Waals surface area contributed by atoms with Crippen LogP contribution in [0.15, 0.2) is 54.6 Å². The molecule has 0 aliphatic heterocycles. The van der Waals surface area contributed by atoms with E-state index in [2.05, 4.69) is 0 Å². The highest BCUT2D eigenvalue weighted by molar-refractivity contribution is 5.66. The molecule has 1 unspecified atom stereocenters. The van der Waals surface area contributed by atoms with Gasteiger partial charge in [-0.05, 0) is 23.3 Å². The van der Waals surface area contributed by atoms with Gasteiger partial charge >= 0.3 is 0 Å². The summed E-state index contributed by atoms with van der Waals surface area (Å²) >= 11 is 0. The van der Waals surface area contributed by atoms with Crippen LogP contribution in [-0.2, 0) is 11.4 Å². The van der Waals surface area contributed by atoms with E-state index < -0.39 is 5.92 Å². The highest BCUT2D eigenvalue weighted by Gasteiger charge is 2.09. The van der Waals surface area contributed by atoms with Crippen LogP contribution in [0, 0.1) is 11.3 Å². The highest BCUT2D eigenvalue weighted by Crippen LogP contribution is 2.20. The van der Waals surface area contributed by atoms with Crippen molar-refractivity contribution in [1.29, 1.82) is 5.26 Å². The van der Waals surface area contributed by atoms with E-state index in [1.807, 2.05) is 42.5 Å². The Morgan fingerprint density at radius 1 is 1.16 bits per heavy atom. The van der Waals surface area contributed by atoms with Crippen LogP contribution < -0.4 is 4.74 Å². The molecule has 3 heteroatoms. The first-order valence-corrected chi connectivity index (χ1v) is 5.95. The summed E-state index contributed by atoms with van der Waals surface area (Å²) in [5, 5.41) is 8.86. The molecule has 3 nitrogen and oxygen atoms in total. The van der Waals surface area contributed by atoms with E-state index in [1.54, 1.807) is 18.2 Å². The van der Waals surface area contributed by atoms with Crippen molar-refractivity contribution in [3.8, 4) is 11.8 Å². The average molecular weight is 251 g/mol. The maximum atomic E-state index is 10.8. The predicted molar refractivity (Wildman–Crippen MR) is 71.6 cm³/mol. The Hall–Kier alpha value is -2.60. The molecule has 2 rings (SSSR count). The number of benzene rings is 2. The third-order valence-electron chi connectivity index (χ3n) is 2.74. The Kier molecular flexibility index (Phi) is 4.30. The van der Waals surface area contributed by atoms with Gasteiger partial charge in [-0.25, -0.2) is 0 Å². The van der Waals surface area contributed by atoms with Crippen molar-refractivity contribution in [1.82, 2.24) is 0 Å². The van der Waals surface area contributed by atoms with Crippen molar-refractivity contribution >= 4 is 6.29 Å². The highest BCUT2D eigenvalue weighted by atomic mass is 16.5. The number of hydrogen-bond acceptors (Lipinski definition) is 3. The molecule has 0 aliphatic rings. The van der Waals surface area contributed by atoms with Crippen molar-refractivity contribution in [2.24, 2.45) is 0 Å². The molecule has 0 aliphatic carbocycles. The molecule has 2 aromatic rings. The number of nitrogens with zero attached hydrogens (tertiary/aromatic N) is 1. The molecule has 2 aromatic carbocycles. The van der Waals surface area contributed by atoms with Crippen LogP contribution in [0.2, 0.25) is 0 Å². The van der Waals surface area contributed by atoms with Crippen LogP contribution >= 0.6 is 0 Å². The second kappa shape index (κ2) is 6.36. The van der Waals surface area contributed by atoms with Crippen LogP contribution in [0.25, 0.3) is 0 Å². The van der Waals surface area contributed by atoms with Crippen LogP contribution in [0.4, 0.5) is 0 Å². The first kappa shape index (κ1) is 12.8. The third kappa shape index (κ3) is 3.43. The summed E-state index contributed by atoms with van der Waals surface area (Å²) in [4.78, 5) is 10.8. The lowest BCUT2D eigenvalue weighted by Gasteiger charge is -2.08. The van der Waals surface area contributed by atoms with Gasteiger partial charge in [-0.1, -0.05) is 42.5 Å². The van der Waals surface area contributed by atoms with E-state index in [0.29, 0.717) is 24.2 Å². The smallest absolute Gasteiger partial charge is 0.141 e. The number of hydrogen-bond donors (Lipinski definition) is 0. The van der Waals surface area contributed by atoms with Crippen molar-refractivity contribution in [2.75, 3.05) is 0 Å². The Labute approximate surface area is 112 Å². The number of carbonyl (C=O) groups excluding carboxylic acids is 1. The second-order valence-electron chi connectivity index (χ2n) is 4.09. The number of rotatable bonds is 5. The summed E-state index contributed by atoms with van der Waals surface area (Å²) in [5.74, 6) is -0.0799. The molecule has 19 heavy (non-hydrogen) atoms. The van der Waals surface area contributed by atoms with Gasteiger partial charge in [0, 0.05) is 0 Å². The first-order chi connectivity index (χ1) is 9.33. The van der Waals surface area contributed by atoms with E-state index >= 15 is 0 Å². The largest absolute Gasteiger partial charge is 0.489 e. The summed E-state index contributed by atoms with van der Waals surface area (Å²) < 4.78 is 5.65. The maximum absolute atomic E-state index is 10.8. The van der Waals surface area contributed by atoms with Crippen LogP contribution in [0.5, 0.6) is 5.75 Å². The average Bonchev–Trinajstić information content (AvgIpc) is 2.48. The fourth-order valence-corrected chi connectivity index (χ4v) is 1.72. The molecule has 94 valence electrons. The first-order valence-electron chi connectivity index (χ1n) is 5.95. The molecule has 0 spiro atoms. The molecule has 0 saturated heterocycles. The van der Waals surface area contributed by atoms with Crippen molar-refractivity contribution in [2.45, 2.75) is 12.5 Å². The van der Waals surface area contributed by atoms with Gasteiger partial charge in [0.1, 0.15) is 24.6 Å². The molecule has 1 atom stereocenters. The third-order valence-corrected chi connectivity index (χ3v) is 2.74. The lowest BCUT2D eigenvalue weighted by molar-refractivity contribution is -0.108. The van der Waals surface area contributed by atoms with E-state index in [0.717, 1.165) is 5.56 Å². The van der Waals surface area contributed by atoms with E-state index in [1.165, 1.54) is 0 Å². The monoisotopic (exact) mass is 251 g/mol.